The molecule has 0 saturated heterocycles. The molecule has 2 rings (SSSR count). The molecule has 0 aliphatic heterocycles. The molecule has 0 bridgehead atoms. The van der Waals surface area contributed by atoms with Crippen LogP contribution in [0, 0.1) is 5.92 Å². The number of amides is 1. The molecule has 1 aromatic rings. The molecular weight excluding hydrogens is 290 g/mol. The summed E-state index contributed by atoms with van der Waals surface area (Å²) in [6, 6.07) is 4.85. The average molecular weight is 310 g/mol. The van der Waals surface area contributed by atoms with Crippen LogP contribution in [0.2, 0.25) is 5.02 Å². The minimum Gasteiger partial charge on any atom is -0.409 e. The Morgan fingerprint density at radius 2 is 2.10 bits per heavy atom. The van der Waals surface area contributed by atoms with E-state index in [2.05, 4.69) is 10.5 Å². The zero-order valence-electron chi connectivity index (χ0n) is 11.8. The van der Waals surface area contributed by atoms with Gasteiger partial charge in [0.25, 0.3) is 0 Å². The number of nitrogens with one attached hydrogen (secondary N) is 1. The van der Waals surface area contributed by atoms with Gasteiger partial charge >= 0.3 is 0 Å². The Balaban J connectivity index is 2.07. The SMILES string of the molecule is NC(=NO)c1ccc(Cl)cc1NC(=O)CC1CCCCC1. The Morgan fingerprint density at radius 3 is 2.76 bits per heavy atom. The summed E-state index contributed by atoms with van der Waals surface area (Å²) in [7, 11) is 0. The third-order valence-corrected chi connectivity index (χ3v) is 4.07. The van der Waals surface area contributed by atoms with E-state index in [1.165, 1.54) is 19.3 Å². The molecular formula is C15H20ClN3O2. The Bertz CT molecular complexity index is 540. The minimum atomic E-state index is -0.0591. The van der Waals surface area contributed by atoms with E-state index in [1.54, 1.807) is 18.2 Å². The van der Waals surface area contributed by atoms with Crippen molar-refractivity contribution in [1.82, 2.24) is 0 Å². The van der Waals surface area contributed by atoms with Crippen LogP contribution in [0.1, 0.15) is 44.1 Å². The molecule has 1 aliphatic rings. The molecule has 114 valence electrons. The van der Waals surface area contributed by atoms with Crippen molar-refractivity contribution < 1.29 is 10.0 Å². The lowest BCUT2D eigenvalue weighted by molar-refractivity contribution is -0.117. The summed E-state index contributed by atoms with van der Waals surface area (Å²) in [6.45, 7) is 0. The number of benzene rings is 1. The van der Waals surface area contributed by atoms with Crippen molar-refractivity contribution in [3.05, 3.63) is 28.8 Å². The highest BCUT2D eigenvalue weighted by molar-refractivity contribution is 6.31. The zero-order chi connectivity index (χ0) is 15.2. The molecule has 0 atom stereocenters. The maximum absolute atomic E-state index is 12.2. The molecule has 6 heteroatoms. The van der Waals surface area contributed by atoms with Crippen LogP contribution in [0.25, 0.3) is 0 Å². The predicted octanol–water partition coefficient (Wildman–Crippen LogP) is 3.34. The lowest BCUT2D eigenvalue weighted by Crippen LogP contribution is -2.21. The summed E-state index contributed by atoms with van der Waals surface area (Å²) in [5.74, 6) is 0.334. The lowest BCUT2D eigenvalue weighted by Gasteiger charge is -2.21. The number of carbonyl (C=O) groups is 1. The van der Waals surface area contributed by atoms with Crippen molar-refractivity contribution in [3.8, 4) is 0 Å². The molecule has 0 unspecified atom stereocenters. The van der Waals surface area contributed by atoms with Gasteiger partial charge in [-0.1, -0.05) is 36.0 Å². The quantitative estimate of drug-likeness (QED) is 0.345. The number of rotatable bonds is 4. The predicted molar refractivity (Wildman–Crippen MR) is 83.8 cm³/mol. The highest BCUT2D eigenvalue weighted by Crippen LogP contribution is 2.27. The van der Waals surface area contributed by atoms with Crippen LogP contribution in [0.3, 0.4) is 0 Å². The Hall–Kier alpha value is -1.75. The van der Waals surface area contributed by atoms with Crippen LogP contribution in [-0.4, -0.2) is 17.0 Å². The average Bonchev–Trinajstić information content (AvgIpc) is 2.47. The van der Waals surface area contributed by atoms with Gasteiger partial charge in [0.1, 0.15) is 0 Å². The van der Waals surface area contributed by atoms with E-state index in [4.69, 9.17) is 22.5 Å². The molecule has 5 nitrogen and oxygen atoms in total. The van der Waals surface area contributed by atoms with E-state index in [1.807, 2.05) is 0 Å². The minimum absolute atomic E-state index is 0.0559. The fourth-order valence-corrected chi connectivity index (χ4v) is 2.92. The van der Waals surface area contributed by atoms with Gasteiger partial charge in [0.15, 0.2) is 5.84 Å². The van der Waals surface area contributed by atoms with Gasteiger partial charge in [-0.15, -0.1) is 0 Å². The Morgan fingerprint density at radius 1 is 1.38 bits per heavy atom. The molecule has 1 saturated carbocycles. The summed E-state index contributed by atoms with van der Waals surface area (Å²) in [4.78, 5) is 12.2. The molecule has 0 aromatic heterocycles. The first kappa shape index (κ1) is 15.6. The second kappa shape index (κ2) is 7.31. The van der Waals surface area contributed by atoms with E-state index in [0.29, 0.717) is 28.6 Å². The third-order valence-electron chi connectivity index (χ3n) is 3.84. The van der Waals surface area contributed by atoms with E-state index in [9.17, 15) is 4.79 Å². The molecule has 1 aromatic carbocycles. The molecule has 1 amide bonds. The fraction of sp³-hybridized carbons (Fsp3) is 0.467. The number of hydrogen-bond acceptors (Lipinski definition) is 3. The number of carbonyl (C=O) groups excluding carboxylic acids is 1. The largest absolute Gasteiger partial charge is 0.409 e. The number of halogens is 1. The van der Waals surface area contributed by atoms with Crippen molar-refractivity contribution in [1.29, 1.82) is 0 Å². The summed E-state index contributed by atoms with van der Waals surface area (Å²) in [5.41, 5.74) is 6.54. The van der Waals surface area contributed by atoms with Gasteiger partial charge in [-0.3, -0.25) is 4.79 Å². The molecule has 0 spiro atoms. The van der Waals surface area contributed by atoms with E-state index >= 15 is 0 Å². The number of anilines is 1. The van der Waals surface area contributed by atoms with Crippen LogP contribution in [-0.2, 0) is 4.79 Å². The van der Waals surface area contributed by atoms with Gasteiger partial charge in [-0.25, -0.2) is 0 Å². The summed E-state index contributed by atoms with van der Waals surface area (Å²) in [5, 5.41) is 15.1. The van der Waals surface area contributed by atoms with Crippen LogP contribution in [0.15, 0.2) is 23.4 Å². The van der Waals surface area contributed by atoms with E-state index < -0.39 is 0 Å². The van der Waals surface area contributed by atoms with Gasteiger partial charge < -0.3 is 16.3 Å². The highest BCUT2D eigenvalue weighted by Gasteiger charge is 2.18. The highest BCUT2D eigenvalue weighted by atomic mass is 35.5. The first-order valence-corrected chi connectivity index (χ1v) is 7.55. The van der Waals surface area contributed by atoms with Gasteiger partial charge in [0.05, 0.1) is 5.69 Å². The third kappa shape index (κ3) is 4.36. The smallest absolute Gasteiger partial charge is 0.224 e. The Kier molecular flexibility index (Phi) is 5.44. The van der Waals surface area contributed by atoms with Crippen LogP contribution in [0.5, 0.6) is 0 Å². The zero-order valence-corrected chi connectivity index (χ0v) is 12.6. The van der Waals surface area contributed by atoms with E-state index in [0.717, 1.165) is 12.8 Å². The van der Waals surface area contributed by atoms with Crippen LogP contribution < -0.4 is 11.1 Å². The topological polar surface area (TPSA) is 87.7 Å². The summed E-state index contributed by atoms with van der Waals surface area (Å²) < 4.78 is 0. The van der Waals surface area contributed by atoms with E-state index in [-0.39, 0.29) is 11.7 Å². The lowest BCUT2D eigenvalue weighted by atomic mass is 9.87. The van der Waals surface area contributed by atoms with Gasteiger partial charge in [0, 0.05) is 17.0 Å². The Labute approximate surface area is 129 Å². The number of oxime groups is 1. The molecule has 4 N–H and O–H groups in total. The van der Waals surface area contributed by atoms with Gasteiger partial charge in [-0.2, -0.15) is 0 Å². The van der Waals surface area contributed by atoms with Crippen molar-refractivity contribution in [2.75, 3.05) is 5.32 Å². The van der Waals surface area contributed by atoms with Gasteiger partial charge in [-0.05, 0) is 37.0 Å². The monoisotopic (exact) mass is 309 g/mol. The van der Waals surface area contributed by atoms with Gasteiger partial charge in [0.2, 0.25) is 5.91 Å². The normalized spacial score (nSPS) is 16.7. The first-order valence-electron chi connectivity index (χ1n) is 7.17. The van der Waals surface area contributed by atoms with Crippen LogP contribution in [0.4, 0.5) is 5.69 Å². The summed E-state index contributed by atoms with van der Waals surface area (Å²) >= 11 is 5.95. The van der Waals surface area contributed by atoms with Crippen molar-refractivity contribution >= 4 is 29.0 Å². The van der Waals surface area contributed by atoms with Crippen molar-refractivity contribution in [2.45, 2.75) is 38.5 Å². The first-order chi connectivity index (χ1) is 10.1. The van der Waals surface area contributed by atoms with Crippen molar-refractivity contribution in [2.24, 2.45) is 16.8 Å². The maximum atomic E-state index is 12.2. The molecule has 0 heterocycles. The fourth-order valence-electron chi connectivity index (χ4n) is 2.75. The number of amidine groups is 1. The second-order valence-electron chi connectivity index (χ2n) is 5.43. The molecule has 1 fully saturated rings. The summed E-state index contributed by atoms with van der Waals surface area (Å²) in [6.07, 6.45) is 6.38. The van der Waals surface area contributed by atoms with Crippen LogP contribution >= 0.6 is 11.6 Å². The maximum Gasteiger partial charge on any atom is 0.224 e. The number of nitrogens with two attached hydrogens (primary N) is 1. The molecule has 21 heavy (non-hydrogen) atoms. The molecule has 1 aliphatic carbocycles. The molecule has 0 radical (unpaired) electrons. The van der Waals surface area contributed by atoms with Crippen molar-refractivity contribution in [3.63, 3.8) is 0 Å². The number of nitrogens with zero attached hydrogens (tertiary/aromatic N) is 1. The number of hydrogen-bond donors (Lipinski definition) is 3. The standard InChI is InChI=1S/C15H20ClN3O2/c16-11-6-7-12(15(17)19-21)13(9-11)18-14(20)8-10-4-2-1-3-5-10/h6-7,9-10,21H,1-5,8H2,(H2,17,19)(H,18,20). The second-order valence-corrected chi connectivity index (χ2v) is 5.87.